The molecule has 0 unspecified atom stereocenters. The molecule has 0 spiro atoms. The Bertz CT molecular complexity index is 313. The van der Waals surface area contributed by atoms with Crippen LogP contribution in [0.2, 0.25) is 0 Å². The second kappa shape index (κ2) is 3.72. The predicted octanol–water partition coefficient (Wildman–Crippen LogP) is 2.55. The Kier molecular flexibility index (Phi) is 2.64. The number of hydrogen-bond acceptors (Lipinski definition) is 2. The van der Waals surface area contributed by atoms with Gasteiger partial charge >= 0.3 is 0 Å². The van der Waals surface area contributed by atoms with Crippen LogP contribution in [-0.4, -0.2) is 5.71 Å². The van der Waals surface area contributed by atoms with Crippen LogP contribution in [-0.2, 0) is 0 Å². The Morgan fingerprint density at radius 3 is 2.75 bits per heavy atom. The van der Waals surface area contributed by atoms with Crippen molar-refractivity contribution in [3.63, 3.8) is 0 Å². The van der Waals surface area contributed by atoms with Gasteiger partial charge in [0.25, 0.3) is 0 Å². The van der Waals surface area contributed by atoms with E-state index in [9.17, 15) is 0 Å². The lowest BCUT2D eigenvalue weighted by Gasteiger charge is -1.98. The van der Waals surface area contributed by atoms with Gasteiger partial charge in [0.15, 0.2) is 0 Å². The van der Waals surface area contributed by atoms with Crippen molar-refractivity contribution in [3.8, 4) is 0 Å². The molecule has 0 aliphatic heterocycles. The van der Waals surface area contributed by atoms with E-state index < -0.39 is 0 Å². The largest absolute Gasteiger partial charge is 0.397 e. The van der Waals surface area contributed by atoms with Crippen LogP contribution >= 0.6 is 0 Å². The molecule has 1 rings (SSSR count). The normalized spacial score (nSPS) is 11.2. The SMILES string of the molecule is C=CC(C)=Nc1ccccc1N. The fourth-order valence-electron chi connectivity index (χ4n) is 0.825. The Morgan fingerprint density at radius 2 is 2.17 bits per heavy atom. The average Bonchev–Trinajstić information content (AvgIpc) is 2.09. The number of aliphatic imine (C=N–C) groups is 1. The number of benzene rings is 1. The number of rotatable bonds is 2. The molecule has 0 atom stereocenters. The molecule has 0 aliphatic carbocycles. The summed E-state index contributed by atoms with van der Waals surface area (Å²) < 4.78 is 0. The zero-order chi connectivity index (χ0) is 8.97. The third-order valence-electron chi connectivity index (χ3n) is 1.53. The minimum Gasteiger partial charge on any atom is -0.397 e. The number of nitrogen functional groups attached to an aromatic ring is 1. The molecule has 0 heterocycles. The van der Waals surface area contributed by atoms with E-state index in [1.807, 2.05) is 31.2 Å². The molecule has 1 aromatic carbocycles. The molecule has 2 heteroatoms. The molecule has 62 valence electrons. The first kappa shape index (κ1) is 8.53. The van der Waals surface area contributed by atoms with Gasteiger partial charge in [-0.3, -0.25) is 4.99 Å². The Balaban J connectivity index is 3.04. The molecule has 1 aromatic rings. The summed E-state index contributed by atoms with van der Waals surface area (Å²) >= 11 is 0. The standard InChI is InChI=1S/C10H12N2/c1-3-8(2)12-10-7-5-4-6-9(10)11/h3-7H,1,11H2,2H3. The molecule has 12 heavy (non-hydrogen) atoms. The number of anilines is 1. The molecule has 0 radical (unpaired) electrons. The lowest BCUT2D eigenvalue weighted by molar-refractivity contribution is 1.50. The topological polar surface area (TPSA) is 38.4 Å². The molecular formula is C10H12N2. The summed E-state index contributed by atoms with van der Waals surface area (Å²) in [4.78, 5) is 4.25. The highest BCUT2D eigenvalue weighted by Gasteiger charge is 1.93. The molecule has 0 aromatic heterocycles. The van der Waals surface area contributed by atoms with Gasteiger partial charge in [-0.2, -0.15) is 0 Å². The van der Waals surface area contributed by atoms with Crippen molar-refractivity contribution >= 4 is 17.1 Å². The molecule has 0 bridgehead atoms. The average molecular weight is 160 g/mol. The summed E-state index contributed by atoms with van der Waals surface area (Å²) in [5.74, 6) is 0. The third-order valence-corrected chi connectivity index (χ3v) is 1.53. The van der Waals surface area contributed by atoms with Crippen molar-refractivity contribution in [2.45, 2.75) is 6.92 Å². The van der Waals surface area contributed by atoms with Gasteiger partial charge in [0, 0.05) is 5.71 Å². The molecule has 0 aliphatic rings. The molecule has 2 N–H and O–H groups in total. The summed E-state index contributed by atoms with van der Waals surface area (Å²) in [5.41, 5.74) is 8.04. The van der Waals surface area contributed by atoms with E-state index in [2.05, 4.69) is 11.6 Å². The van der Waals surface area contributed by atoms with Gasteiger partial charge in [-0.1, -0.05) is 18.7 Å². The zero-order valence-electron chi connectivity index (χ0n) is 7.12. The third kappa shape index (κ3) is 1.95. The Hall–Kier alpha value is -1.57. The van der Waals surface area contributed by atoms with Crippen molar-refractivity contribution < 1.29 is 0 Å². The van der Waals surface area contributed by atoms with Crippen LogP contribution < -0.4 is 5.73 Å². The van der Waals surface area contributed by atoms with E-state index in [4.69, 9.17) is 5.73 Å². The summed E-state index contributed by atoms with van der Waals surface area (Å²) in [6.07, 6.45) is 1.70. The first-order valence-electron chi connectivity index (χ1n) is 3.76. The van der Waals surface area contributed by atoms with Crippen LogP contribution in [0, 0.1) is 0 Å². The molecule has 0 saturated carbocycles. The quantitative estimate of drug-likeness (QED) is 0.524. The molecule has 2 nitrogen and oxygen atoms in total. The molecule has 0 amide bonds. The van der Waals surface area contributed by atoms with E-state index in [0.29, 0.717) is 5.69 Å². The van der Waals surface area contributed by atoms with Crippen LogP contribution in [0.5, 0.6) is 0 Å². The van der Waals surface area contributed by atoms with E-state index in [-0.39, 0.29) is 0 Å². The highest BCUT2D eigenvalue weighted by molar-refractivity contribution is 5.95. The van der Waals surface area contributed by atoms with Crippen LogP contribution in [0.25, 0.3) is 0 Å². The molecular weight excluding hydrogens is 148 g/mol. The Morgan fingerprint density at radius 1 is 1.50 bits per heavy atom. The van der Waals surface area contributed by atoms with Gasteiger partial charge in [0.05, 0.1) is 11.4 Å². The van der Waals surface area contributed by atoms with Crippen LogP contribution in [0.1, 0.15) is 6.92 Å². The van der Waals surface area contributed by atoms with Gasteiger partial charge in [-0.05, 0) is 25.1 Å². The monoisotopic (exact) mass is 160 g/mol. The van der Waals surface area contributed by atoms with E-state index >= 15 is 0 Å². The maximum atomic E-state index is 5.68. The van der Waals surface area contributed by atoms with Crippen LogP contribution in [0.15, 0.2) is 41.9 Å². The second-order valence-corrected chi connectivity index (χ2v) is 2.52. The fraction of sp³-hybridized carbons (Fsp3) is 0.100. The Labute approximate surface area is 72.4 Å². The van der Waals surface area contributed by atoms with E-state index in [0.717, 1.165) is 11.4 Å². The van der Waals surface area contributed by atoms with Crippen molar-refractivity contribution in [1.29, 1.82) is 0 Å². The summed E-state index contributed by atoms with van der Waals surface area (Å²) in [6.45, 7) is 5.50. The lowest BCUT2D eigenvalue weighted by atomic mass is 10.3. The maximum Gasteiger partial charge on any atom is 0.0862 e. The van der Waals surface area contributed by atoms with E-state index in [1.54, 1.807) is 6.08 Å². The van der Waals surface area contributed by atoms with Gasteiger partial charge in [0.1, 0.15) is 0 Å². The summed E-state index contributed by atoms with van der Waals surface area (Å²) in [7, 11) is 0. The van der Waals surface area contributed by atoms with Crippen LogP contribution in [0.3, 0.4) is 0 Å². The first-order valence-corrected chi connectivity index (χ1v) is 3.76. The van der Waals surface area contributed by atoms with Gasteiger partial charge < -0.3 is 5.73 Å². The highest BCUT2D eigenvalue weighted by Crippen LogP contribution is 2.20. The minimum atomic E-state index is 0.693. The highest BCUT2D eigenvalue weighted by atomic mass is 14.8. The van der Waals surface area contributed by atoms with E-state index in [1.165, 1.54) is 0 Å². The number of hydrogen-bond donors (Lipinski definition) is 1. The van der Waals surface area contributed by atoms with Gasteiger partial charge in [-0.25, -0.2) is 0 Å². The summed E-state index contributed by atoms with van der Waals surface area (Å²) in [6, 6.07) is 7.50. The number of allylic oxidation sites excluding steroid dienone is 1. The molecule has 0 fully saturated rings. The molecule has 0 saturated heterocycles. The smallest absolute Gasteiger partial charge is 0.0862 e. The minimum absolute atomic E-state index is 0.693. The fourth-order valence-corrected chi connectivity index (χ4v) is 0.825. The van der Waals surface area contributed by atoms with Crippen molar-refractivity contribution in [1.82, 2.24) is 0 Å². The number of para-hydroxylation sites is 2. The number of nitrogens with two attached hydrogens (primary N) is 1. The maximum absolute atomic E-state index is 5.68. The van der Waals surface area contributed by atoms with Gasteiger partial charge in [0.2, 0.25) is 0 Å². The van der Waals surface area contributed by atoms with Gasteiger partial charge in [-0.15, -0.1) is 0 Å². The lowest BCUT2D eigenvalue weighted by Crippen LogP contribution is -1.87. The zero-order valence-corrected chi connectivity index (χ0v) is 7.12. The van der Waals surface area contributed by atoms with Crippen LogP contribution in [0.4, 0.5) is 11.4 Å². The van der Waals surface area contributed by atoms with Crippen molar-refractivity contribution in [3.05, 3.63) is 36.9 Å². The number of nitrogens with zero attached hydrogens (tertiary/aromatic N) is 1. The second-order valence-electron chi connectivity index (χ2n) is 2.52. The summed E-state index contributed by atoms with van der Waals surface area (Å²) in [5, 5.41) is 0. The first-order chi connectivity index (χ1) is 5.74. The predicted molar refractivity (Wildman–Crippen MR) is 53.8 cm³/mol. The van der Waals surface area contributed by atoms with Crippen molar-refractivity contribution in [2.75, 3.05) is 5.73 Å². The van der Waals surface area contributed by atoms with Crippen molar-refractivity contribution in [2.24, 2.45) is 4.99 Å².